The van der Waals surface area contributed by atoms with Crippen LogP contribution in [0.3, 0.4) is 0 Å². The molecule has 4 fully saturated rings. The molecule has 0 aromatic heterocycles. The van der Waals surface area contributed by atoms with Gasteiger partial charge >= 0.3 is 0 Å². The first-order chi connectivity index (χ1) is 20.4. The Morgan fingerprint density at radius 1 is 1.05 bits per heavy atom. The van der Waals surface area contributed by atoms with Crippen molar-refractivity contribution >= 4 is 5.78 Å². The first kappa shape index (κ1) is 32.1. The summed E-state index contributed by atoms with van der Waals surface area (Å²) in [6.45, 7) is 11.7. The van der Waals surface area contributed by atoms with Crippen molar-refractivity contribution in [2.24, 2.45) is 39.9 Å². The number of rotatable bonds is 7. The van der Waals surface area contributed by atoms with Gasteiger partial charge in [0.15, 0.2) is 5.78 Å². The van der Waals surface area contributed by atoms with Gasteiger partial charge in [0.2, 0.25) is 0 Å². The lowest BCUT2D eigenvalue weighted by Crippen LogP contribution is -2.69. The third-order valence-electron chi connectivity index (χ3n) is 13.9. The highest BCUT2D eigenvalue weighted by molar-refractivity contribution is 5.98. The smallest absolute Gasteiger partial charge is 0.162 e. The van der Waals surface area contributed by atoms with Crippen LogP contribution in [-0.4, -0.2) is 78.1 Å². The molecule has 0 spiro atoms. The minimum Gasteiger partial charge on any atom is -0.508 e. The predicted molar refractivity (Wildman–Crippen MR) is 165 cm³/mol. The van der Waals surface area contributed by atoms with Crippen molar-refractivity contribution in [3.8, 4) is 5.75 Å². The number of ether oxygens (including phenoxy) is 1. The summed E-state index contributed by atoms with van der Waals surface area (Å²) in [4.78, 5) is 14.6. The van der Waals surface area contributed by atoms with Gasteiger partial charge in [-0.2, -0.15) is 0 Å². The number of hydrogen-bond acceptors (Lipinski definition) is 8. The molecule has 3 saturated carbocycles. The average molecular weight is 613 g/mol. The summed E-state index contributed by atoms with van der Waals surface area (Å²) < 4.78 is 6.12. The van der Waals surface area contributed by atoms with Crippen molar-refractivity contribution < 1.29 is 40.2 Å². The Morgan fingerprint density at radius 2 is 1.70 bits per heavy atom. The lowest BCUT2D eigenvalue weighted by Gasteiger charge is -2.66. The number of allylic oxidation sites excluding steroid dienone is 1. The van der Waals surface area contributed by atoms with Gasteiger partial charge in [-0.3, -0.25) is 4.79 Å². The van der Waals surface area contributed by atoms with Gasteiger partial charge < -0.3 is 35.4 Å². The molecule has 1 saturated heterocycles. The normalized spacial score (nSPS) is 46.9. The van der Waals surface area contributed by atoms with Crippen LogP contribution in [0, 0.1) is 39.9 Å². The van der Waals surface area contributed by atoms with Crippen molar-refractivity contribution in [3.63, 3.8) is 0 Å². The molecule has 8 heteroatoms. The molecule has 44 heavy (non-hydrogen) atoms. The van der Waals surface area contributed by atoms with Gasteiger partial charge in [0.25, 0.3) is 0 Å². The zero-order chi connectivity index (χ0) is 32.3. The maximum absolute atomic E-state index is 14.6. The zero-order valence-electron chi connectivity index (χ0n) is 27.1. The molecule has 0 bridgehead atoms. The summed E-state index contributed by atoms with van der Waals surface area (Å²) in [5.74, 6) is 0.109. The highest BCUT2D eigenvalue weighted by Gasteiger charge is 2.74. The highest BCUT2D eigenvalue weighted by Crippen LogP contribution is 2.72. The Labute approximate surface area is 261 Å². The first-order valence-electron chi connectivity index (χ1n) is 16.6. The van der Waals surface area contributed by atoms with Crippen molar-refractivity contribution in [2.75, 3.05) is 6.61 Å². The number of carbonyl (C=O) groups is 1. The lowest BCUT2D eigenvalue weighted by atomic mass is 9.39. The van der Waals surface area contributed by atoms with E-state index in [0.717, 1.165) is 5.56 Å². The third kappa shape index (κ3) is 4.20. The number of phenolic OH excluding ortho intramolecular Hbond substituents is 1. The van der Waals surface area contributed by atoms with E-state index in [1.807, 2.05) is 13.8 Å². The van der Waals surface area contributed by atoms with Crippen LogP contribution in [0.4, 0.5) is 0 Å². The standard InChI is InChI=1S/C36H52O8/c1-20(2)21(3)29-30(44-29)33(6,41)26-12-14-36(43)25-15-27(39)34(16-22-7-9-23(38)10-8-22)17-28(40)35(42,19-37)18-32(34,5)24(25)11-13-31(26,36)4/h7-10,15,20-21,24,26,28-30,37-38,40-43H,11-14,16-19H2,1-6H3. The topological polar surface area (TPSA) is 151 Å². The number of carbonyl (C=O) groups excluding carboxylic acids is 1. The SMILES string of the molecule is CC(C)C(C)C1OC1C(C)(O)C1CCC2(O)C3=CC(=O)C4(Cc5ccc(O)cc5)CC(O)C(O)(CO)CC4(C)C3CCC12C. The molecule has 1 aliphatic heterocycles. The van der Waals surface area contributed by atoms with Crippen molar-refractivity contribution in [2.45, 2.75) is 122 Å². The summed E-state index contributed by atoms with van der Waals surface area (Å²) in [7, 11) is 0. The summed E-state index contributed by atoms with van der Waals surface area (Å²) in [6, 6.07) is 6.71. The molecular weight excluding hydrogens is 560 g/mol. The fourth-order valence-corrected chi connectivity index (χ4v) is 10.7. The molecule has 12 atom stereocenters. The Balaban J connectivity index is 1.41. The molecule has 5 aliphatic rings. The van der Waals surface area contributed by atoms with Gasteiger partial charge in [-0.05, 0) is 110 Å². The average Bonchev–Trinajstić information content (AvgIpc) is 3.71. The lowest BCUT2D eigenvalue weighted by molar-refractivity contribution is -0.220. The van der Waals surface area contributed by atoms with Gasteiger partial charge in [-0.15, -0.1) is 0 Å². The number of benzene rings is 1. The molecule has 12 unspecified atom stereocenters. The predicted octanol–water partition coefficient (Wildman–Crippen LogP) is 3.68. The van der Waals surface area contributed by atoms with Crippen LogP contribution in [0.5, 0.6) is 5.75 Å². The molecule has 0 amide bonds. The van der Waals surface area contributed by atoms with Crippen molar-refractivity contribution in [1.82, 2.24) is 0 Å². The number of aliphatic hydroxyl groups excluding tert-OH is 2. The molecular formula is C36H52O8. The van der Waals surface area contributed by atoms with Crippen molar-refractivity contribution in [3.05, 3.63) is 41.5 Å². The number of aliphatic hydroxyl groups is 5. The molecule has 6 rings (SSSR count). The molecule has 6 N–H and O–H groups in total. The number of phenols is 1. The van der Waals surface area contributed by atoms with Gasteiger partial charge in [-0.25, -0.2) is 0 Å². The second kappa shape index (κ2) is 10.1. The van der Waals surface area contributed by atoms with E-state index in [4.69, 9.17) is 4.74 Å². The fraction of sp³-hybridized carbons (Fsp3) is 0.750. The second-order valence-electron chi connectivity index (χ2n) is 16.3. The van der Waals surface area contributed by atoms with Gasteiger partial charge in [0.1, 0.15) is 17.5 Å². The summed E-state index contributed by atoms with van der Waals surface area (Å²) in [5.41, 5.74) is -5.47. The summed E-state index contributed by atoms with van der Waals surface area (Å²) >= 11 is 0. The minimum atomic E-state index is -1.79. The number of fused-ring (bicyclic) bond motifs is 5. The largest absolute Gasteiger partial charge is 0.508 e. The van der Waals surface area contributed by atoms with Crippen LogP contribution in [0.25, 0.3) is 0 Å². The Hall–Kier alpha value is -1.81. The quantitative estimate of drug-likeness (QED) is 0.255. The minimum absolute atomic E-state index is 0.00210. The van der Waals surface area contributed by atoms with Crippen LogP contribution in [0.15, 0.2) is 35.9 Å². The van der Waals surface area contributed by atoms with E-state index in [1.165, 1.54) is 0 Å². The number of epoxide rings is 1. The van der Waals surface area contributed by atoms with Crippen LogP contribution in [0.2, 0.25) is 0 Å². The van der Waals surface area contributed by atoms with Crippen LogP contribution < -0.4 is 0 Å². The van der Waals surface area contributed by atoms with E-state index >= 15 is 0 Å². The van der Waals surface area contributed by atoms with E-state index in [-0.39, 0.29) is 48.4 Å². The van der Waals surface area contributed by atoms with Gasteiger partial charge in [-0.1, -0.05) is 46.8 Å². The van der Waals surface area contributed by atoms with Crippen LogP contribution in [0.1, 0.15) is 85.6 Å². The number of aromatic hydroxyl groups is 1. The first-order valence-corrected chi connectivity index (χ1v) is 16.6. The number of ketones is 1. The van der Waals surface area contributed by atoms with Gasteiger partial charge in [0, 0.05) is 10.8 Å². The van der Waals surface area contributed by atoms with E-state index in [9.17, 15) is 35.4 Å². The Morgan fingerprint density at radius 3 is 2.32 bits per heavy atom. The highest BCUT2D eigenvalue weighted by atomic mass is 16.6. The monoisotopic (exact) mass is 612 g/mol. The zero-order valence-corrected chi connectivity index (χ0v) is 27.1. The third-order valence-corrected chi connectivity index (χ3v) is 13.9. The molecule has 4 aliphatic carbocycles. The molecule has 8 nitrogen and oxygen atoms in total. The van der Waals surface area contributed by atoms with E-state index < -0.39 is 45.8 Å². The molecule has 1 heterocycles. The van der Waals surface area contributed by atoms with E-state index in [1.54, 1.807) is 30.3 Å². The molecule has 1 aromatic rings. The number of hydrogen-bond donors (Lipinski definition) is 6. The molecule has 244 valence electrons. The Bertz CT molecular complexity index is 1340. The molecule has 0 radical (unpaired) electrons. The second-order valence-corrected chi connectivity index (χ2v) is 16.3. The van der Waals surface area contributed by atoms with Crippen molar-refractivity contribution in [1.29, 1.82) is 0 Å². The fourth-order valence-electron chi connectivity index (χ4n) is 10.7. The van der Waals surface area contributed by atoms with Gasteiger partial charge in [0.05, 0.1) is 30.0 Å². The van der Waals surface area contributed by atoms with Crippen LogP contribution >= 0.6 is 0 Å². The van der Waals surface area contributed by atoms with E-state index in [2.05, 4.69) is 27.7 Å². The summed E-state index contributed by atoms with van der Waals surface area (Å²) in [5, 5.41) is 67.7. The van der Waals surface area contributed by atoms with Crippen LogP contribution in [-0.2, 0) is 16.0 Å². The van der Waals surface area contributed by atoms with E-state index in [0.29, 0.717) is 49.5 Å². The summed E-state index contributed by atoms with van der Waals surface area (Å²) in [6.07, 6.45) is 2.51. The Kier molecular flexibility index (Phi) is 7.37. The molecule has 1 aromatic carbocycles. The maximum Gasteiger partial charge on any atom is 0.162 e. The maximum atomic E-state index is 14.6.